The Morgan fingerprint density at radius 1 is 1.60 bits per heavy atom. The molecule has 0 amide bonds. The molecule has 0 saturated heterocycles. The minimum absolute atomic E-state index is 0.108. The van der Waals surface area contributed by atoms with Gasteiger partial charge in [0.05, 0.1) is 13.7 Å². The Labute approximate surface area is 60.5 Å². The van der Waals surface area contributed by atoms with Crippen molar-refractivity contribution in [2.75, 3.05) is 20.3 Å². The highest BCUT2D eigenvalue weighted by Gasteiger charge is 1.96. The Bertz CT molecular complexity index is 95.0. The smallest absolute Gasteiger partial charge is 0.322 e. The number of ether oxygens (including phenoxy) is 1. The van der Waals surface area contributed by atoms with Crippen molar-refractivity contribution in [3.05, 3.63) is 0 Å². The first-order valence-electron chi connectivity index (χ1n) is 3.22. The number of esters is 1. The first-order chi connectivity index (χ1) is 4.81. The van der Waals surface area contributed by atoms with Crippen LogP contribution in [0.5, 0.6) is 0 Å². The maximum absolute atomic E-state index is 10.4. The first kappa shape index (κ1) is 9.39. The summed E-state index contributed by atoms with van der Waals surface area (Å²) in [6.45, 7) is 2.70. The lowest BCUT2D eigenvalue weighted by molar-refractivity contribution is -0.142. The van der Waals surface area contributed by atoms with Crippen molar-refractivity contribution in [3.8, 4) is 0 Å². The van der Waals surface area contributed by atoms with E-state index in [0.29, 0.717) is 6.61 Å². The average Bonchev–Trinajstić information content (AvgIpc) is 1.98. The zero-order valence-electron chi connectivity index (χ0n) is 6.35. The molecule has 0 rings (SSSR count). The van der Waals surface area contributed by atoms with E-state index in [4.69, 9.17) is 4.84 Å². The number of hydrogen-bond acceptors (Lipinski definition) is 4. The van der Waals surface area contributed by atoms with Gasteiger partial charge >= 0.3 is 5.97 Å². The molecule has 0 saturated carbocycles. The lowest BCUT2D eigenvalue weighted by Gasteiger charge is -2.01. The summed E-state index contributed by atoms with van der Waals surface area (Å²) in [4.78, 5) is 15.2. The molecule has 60 valence electrons. The summed E-state index contributed by atoms with van der Waals surface area (Å²) >= 11 is 0. The fourth-order valence-electron chi connectivity index (χ4n) is 0.356. The Morgan fingerprint density at radius 2 is 2.30 bits per heavy atom. The third-order valence-electron chi connectivity index (χ3n) is 0.852. The zero-order chi connectivity index (χ0) is 7.82. The van der Waals surface area contributed by atoms with Crippen molar-refractivity contribution in [2.24, 2.45) is 0 Å². The first-order valence-corrected chi connectivity index (χ1v) is 3.22. The van der Waals surface area contributed by atoms with E-state index < -0.39 is 0 Å². The van der Waals surface area contributed by atoms with Crippen LogP contribution < -0.4 is 5.48 Å². The van der Waals surface area contributed by atoms with Crippen LogP contribution in [-0.2, 0) is 14.4 Å². The number of nitrogens with one attached hydrogen (secondary N) is 1. The highest BCUT2D eigenvalue weighted by atomic mass is 16.6. The predicted octanol–water partition coefficient (Wildman–Crippen LogP) is 0.0906. The lowest BCUT2D eigenvalue weighted by Crippen LogP contribution is -2.24. The van der Waals surface area contributed by atoms with E-state index in [0.717, 1.165) is 6.42 Å². The number of carbonyl (C=O) groups excluding carboxylic acids is 1. The second kappa shape index (κ2) is 6.51. The highest BCUT2D eigenvalue weighted by Crippen LogP contribution is 1.75. The molecule has 0 heterocycles. The summed E-state index contributed by atoms with van der Waals surface area (Å²) < 4.78 is 4.35. The quantitative estimate of drug-likeness (QED) is 0.340. The molecular weight excluding hydrogens is 134 g/mol. The molecule has 0 bridgehead atoms. The molecule has 0 aromatic heterocycles. The van der Waals surface area contributed by atoms with Crippen LogP contribution in [0.25, 0.3) is 0 Å². The van der Waals surface area contributed by atoms with Gasteiger partial charge in [0.1, 0.15) is 6.54 Å². The summed E-state index contributed by atoms with van der Waals surface area (Å²) in [5, 5.41) is 0. The van der Waals surface area contributed by atoms with Gasteiger partial charge in [-0.2, -0.15) is 5.48 Å². The molecule has 0 spiro atoms. The Morgan fingerprint density at radius 3 is 2.80 bits per heavy atom. The highest BCUT2D eigenvalue weighted by molar-refractivity contribution is 5.71. The molecule has 10 heavy (non-hydrogen) atoms. The van der Waals surface area contributed by atoms with Crippen LogP contribution in [0.3, 0.4) is 0 Å². The van der Waals surface area contributed by atoms with Gasteiger partial charge in [-0.3, -0.25) is 4.79 Å². The van der Waals surface area contributed by atoms with Gasteiger partial charge in [-0.25, -0.2) is 0 Å². The summed E-state index contributed by atoms with van der Waals surface area (Å²) in [7, 11) is 1.34. The van der Waals surface area contributed by atoms with Crippen LogP contribution in [0, 0.1) is 0 Å². The maximum atomic E-state index is 10.4. The van der Waals surface area contributed by atoms with Gasteiger partial charge < -0.3 is 9.57 Å². The normalized spacial score (nSPS) is 9.40. The van der Waals surface area contributed by atoms with Gasteiger partial charge in [-0.15, -0.1) is 0 Å². The Hall–Kier alpha value is -0.610. The van der Waals surface area contributed by atoms with Gasteiger partial charge in [0.2, 0.25) is 0 Å². The van der Waals surface area contributed by atoms with Crippen LogP contribution >= 0.6 is 0 Å². The van der Waals surface area contributed by atoms with Crippen LogP contribution in [0.15, 0.2) is 0 Å². The lowest BCUT2D eigenvalue weighted by atomic mass is 10.5. The Kier molecular flexibility index (Phi) is 6.11. The summed E-state index contributed by atoms with van der Waals surface area (Å²) in [6, 6.07) is 0. The minimum Gasteiger partial charge on any atom is -0.468 e. The molecule has 0 radical (unpaired) electrons. The molecule has 0 aromatic carbocycles. The zero-order valence-corrected chi connectivity index (χ0v) is 6.35. The summed E-state index contributed by atoms with van der Waals surface area (Å²) in [6.07, 6.45) is 0.925. The molecule has 0 aliphatic carbocycles. The standard InChI is InChI=1S/C6H13NO3/c1-3-4-10-7-5-6(8)9-2/h7H,3-5H2,1-2H3. The van der Waals surface area contributed by atoms with Crippen LogP contribution in [0.4, 0.5) is 0 Å². The molecule has 0 unspecified atom stereocenters. The Balaban J connectivity index is 2.96. The molecular formula is C6H13NO3. The van der Waals surface area contributed by atoms with E-state index in [1.54, 1.807) is 0 Å². The number of hydrogen-bond donors (Lipinski definition) is 1. The van der Waals surface area contributed by atoms with Crippen molar-refractivity contribution in [2.45, 2.75) is 13.3 Å². The predicted molar refractivity (Wildman–Crippen MR) is 36.3 cm³/mol. The van der Waals surface area contributed by atoms with Crippen molar-refractivity contribution >= 4 is 5.97 Å². The summed E-state index contributed by atoms with van der Waals surface area (Å²) in [5.41, 5.74) is 2.46. The van der Waals surface area contributed by atoms with Crippen molar-refractivity contribution in [3.63, 3.8) is 0 Å². The second-order valence-electron chi connectivity index (χ2n) is 1.75. The van der Waals surface area contributed by atoms with E-state index in [1.165, 1.54) is 7.11 Å². The molecule has 0 aliphatic rings. The fourth-order valence-corrected chi connectivity index (χ4v) is 0.356. The van der Waals surface area contributed by atoms with Crippen molar-refractivity contribution in [1.82, 2.24) is 5.48 Å². The number of methoxy groups -OCH3 is 1. The molecule has 1 N–H and O–H groups in total. The van der Waals surface area contributed by atoms with Crippen LogP contribution in [0.1, 0.15) is 13.3 Å². The molecule has 4 nitrogen and oxygen atoms in total. The minimum atomic E-state index is -0.323. The third kappa shape index (κ3) is 5.53. The van der Waals surface area contributed by atoms with E-state index in [1.807, 2.05) is 6.92 Å². The van der Waals surface area contributed by atoms with Gasteiger partial charge in [0, 0.05) is 0 Å². The number of hydroxylamine groups is 1. The van der Waals surface area contributed by atoms with E-state index in [2.05, 4.69) is 10.2 Å². The van der Waals surface area contributed by atoms with E-state index >= 15 is 0 Å². The maximum Gasteiger partial charge on any atom is 0.322 e. The molecule has 0 aliphatic heterocycles. The van der Waals surface area contributed by atoms with Crippen LogP contribution in [-0.4, -0.2) is 26.2 Å². The van der Waals surface area contributed by atoms with Crippen molar-refractivity contribution in [1.29, 1.82) is 0 Å². The van der Waals surface area contributed by atoms with Crippen molar-refractivity contribution < 1.29 is 14.4 Å². The van der Waals surface area contributed by atoms with E-state index in [-0.39, 0.29) is 12.5 Å². The van der Waals surface area contributed by atoms with Gasteiger partial charge in [0.25, 0.3) is 0 Å². The number of carbonyl (C=O) groups is 1. The largest absolute Gasteiger partial charge is 0.468 e. The van der Waals surface area contributed by atoms with E-state index in [9.17, 15) is 4.79 Å². The fraction of sp³-hybridized carbons (Fsp3) is 0.833. The van der Waals surface area contributed by atoms with Gasteiger partial charge in [-0.1, -0.05) is 6.92 Å². The van der Waals surface area contributed by atoms with Gasteiger partial charge in [-0.05, 0) is 6.42 Å². The third-order valence-corrected chi connectivity index (χ3v) is 0.852. The second-order valence-corrected chi connectivity index (χ2v) is 1.75. The average molecular weight is 147 g/mol. The molecule has 0 fully saturated rings. The van der Waals surface area contributed by atoms with Crippen LogP contribution in [0.2, 0.25) is 0 Å². The topological polar surface area (TPSA) is 47.6 Å². The monoisotopic (exact) mass is 147 g/mol. The number of rotatable bonds is 5. The van der Waals surface area contributed by atoms with Gasteiger partial charge in [0.15, 0.2) is 0 Å². The molecule has 0 atom stereocenters. The molecule has 4 heteroatoms. The SMILES string of the molecule is CCCONCC(=O)OC. The molecule has 0 aromatic rings. The summed E-state index contributed by atoms with van der Waals surface area (Å²) in [5.74, 6) is -0.323.